The van der Waals surface area contributed by atoms with E-state index >= 15 is 0 Å². The Morgan fingerprint density at radius 2 is 2.11 bits per heavy atom. The number of hydrogen-bond acceptors (Lipinski definition) is 3. The maximum absolute atomic E-state index is 9.21. The molecule has 18 heavy (non-hydrogen) atoms. The molecule has 1 heterocycles. The number of benzene rings is 1. The van der Waals surface area contributed by atoms with Gasteiger partial charge in [0.2, 0.25) is 0 Å². The molecule has 1 aromatic carbocycles. The van der Waals surface area contributed by atoms with Gasteiger partial charge in [-0.15, -0.1) is 0 Å². The van der Waals surface area contributed by atoms with Gasteiger partial charge >= 0.3 is 0 Å². The second-order valence-corrected chi connectivity index (χ2v) is 4.72. The topological polar surface area (TPSA) is 36.3 Å². The molecule has 3 nitrogen and oxygen atoms in total. The standard InChI is InChI=1S/C15H20N2O/c1-3-18-14-7-9-17(10-8-14)15-12(2)5-4-6-13(15)11-16/h4-6,14H,3,7-10H2,1-2H3. The Bertz CT molecular complexity index is 442. The molecule has 0 unspecified atom stereocenters. The number of ether oxygens (including phenoxy) is 1. The molecule has 0 bridgehead atoms. The molecule has 1 aliphatic rings. The average Bonchev–Trinajstić information content (AvgIpc) is 2.40. The van der Waals surface area contributed by atoms with E-state index < -0.39 is 0 Å². The van der Waals surface area contributed by atoms with Crippen LogP contribution in [0.1, 0.15) is 30.9 Å². The summed E-state index contributed by atoms with van der Waals surface area (Å²) in [4.78, 5) is 2.32. The largest absolute Gasteiger partial charge is 0.378 e. The third-order valence-corrected chi connectivity index (χ3v) is 3.52. The molecular weight excluding hydrogens is 224 g/mol. The smallest absolute Gasteiger partial charge is 0.101 e. The van der Waals surface area contributed by atoms with Crippen LogP contribution in [0, 0.1) is 18.3 Å². The Labute approximate surface area is 109 Å². The fourth-order valence-electron chi connectivity index (χ4n) is 2.65. The molecule has 0 saturated carbocycles. The van der Waals surface area contributed by atoms with Crippen LogP contribution in [0.3, 0.4) is 0 Å². The van der Waals surface area contributed by atoms with Crippen molar-refractivity contribution in [2.75, 3.05) is 24.6 Å². The summed E-state index contributed by atoms with van der Waals surface area (Å²) in [5.41, 5.74) is 3.07. The van der Waals surface area contributed by atoms with Crippen LogP contribution in [0.4, 0.5) is 5.69 Å². The molecule has 1 aromatic rings. The number of rotatable bonds is 3. The van der Waals surface area contributed by atoms with E-state index in [1.165, 1.54) is 5.56 Å². The molecule has 0 spiro atoms. The molecule has 0 amide bonds. The molecule has 0 aliphatic carbocycles. The van der Waals surface area contributed by atoms with Crippen molar-refractivity contribution >= 4 is 5.69 Å². The molecule has 96 valence electrons. The van der Waals surface area contributed by atoms with Crippen molar-refractivity contribution in [3.05, 3.63) is 29.3 Å². The number of piperidine rings is 1. The van der Waals surface area contributed by atoms with Gasteiger partial charge in [-0.3, -0.25) is 0 Å². The number of para-hydroxylation sites is 1. The van der Waals surface area contributed by atoms with Gasteiger partial charge in [0.05, 0.1) is 17.4 Å². The summed E-state index contributed by atoms with van der Waals surface area (Å²) in [6.45, 7) is 6.86. The van der Waals surface area contributed by atoms with E-state index in [9.17, 15) is 5.26 Å². The minimum atomic E-state index is 0.390. The first kappa shape index (κ1) is 12.9. The van der Waals surface area contributed by atoms with Crippen molar-refractivity contribution in [1.82, 2.24) is 0 Å². The number of hydrogen-bond donors (Lipinski definition) is 0. The summed E-state index contributed by atoms with van der Waals surface area (Å²) in [7, 11) is 0. The van der Waals surface area contributed by atoms with Crippen molar-refractivity contribution in [3.63, 3.8) is 0 Å². The highest BCUT2D eigenvalue weighted by atomic mass is 16.5. The monoisotopic (exact) mass is 244 g/mol. The Morgan fingerprint density at radius 3 is 2.72 bits per heavy atom. The van der Waals surface area contributed by atoms with Gasteiger partial charge in [0.1, 0.15) is 6.07 Å². The molecule has 3 heteroatoms. The van der Waals surface area contributed by atoms with Crippen molar-refractivity contribution in [2.45, 2.75) is 32.8 Å². The summed E-state index contributed by atoms with van der Waals surface area (Å²) in [6.07, 6.45) is 2.49. The van der Waals surface area contributed by atoms with E-state index in [1.54, 1.807) is 0 Å². The van der Waals surface area contributed by atoms with Crippen molar-refractivity contribution in [2.24, 2.45) is 0 Å². The van der Waals surface area contributed by atoms with Gasteiger partial charge in [0.25, 0.3) is 0 Å². The lowest BCUT2D eigenvalue weighted by Crippen LogP contribution is -2.37. The van der Waals surface area contributed by atoms with Gasteiger partial charge in [0, 0.05) is 19.7 Å². The quantitative estimate of drug-likeness (QED) is 0.820. The Morgan fingerprint density at radius 1 is 1.39 bits per heavy atom. The molecule has 2 rings (SSSR count). The maximum atomic E-state index is 9.21. The van der Waals surface area contributed by atoms with Crippen molar-refractivity contribution in [1.29, 1.82) is 5.26 Å². The molecular formula is C15H20N2O. The van der Waals surface area contributed by atoms with Crippen molar-refractivity contribution in [3.8, 4) is 6.07 Å². The highest BCUT2D eigenvalue weighted by Crippen LogP contribution is 2.28. The van der Waals surface area contributed by atoms with Crippen LogP contribution < -0.4 is 4.90 Å². The van der Waals surface area contributed by atoms with Gasteiger partial charge in [-0.2, -0.15) is 5.26 Å². The summed E-state index contributed by atoms with van der Waals surface area (Å²) in [5.74, 6) is 0. The fourth-order valence-corrected chi connectivity index (χ4v) is 2.65. The van der Waals surface area contributed by atoms with E-state index in [1.807, 2.05) is 19.1 Å². The van der Waals surface area contributed by atoms with Crippen LogP contribution in [0.5, 0.6) is 0 Å². The van der Waals surface area contributed by atoms with Crippen LogP contribution in [0.15, 0.2) is 18.2 Å². The minimum Gasteiger partial charge on any atom is -0.378 e. The van der Waals surface area contributed by atoms with Crippen molar-refractivity contribution < 1.29 is 4.74 Å². The Balaban J connectivity index is 2.13. The van der Waals surface area contributed by atoms with E-state index in [0.717, 1.165) is 43.8 Å². The molecule has 1 aliphatic heterocycles. The summed E-state index contributed by atoms with van der Waals surface area (Å²) in [6, 6.07) is 8.22. The van der Waals surface area contributed by atoms with Crippen LogP contribution in [0.2, 0.25) is 0 Å². The lowest BCUT2D eigenvalue weighted by molar-refractivity contribution is 0.0459. The number of nitriles is 1. The summed E-state index contributed by atoms with van der Waals surface area (Å²) >= 11 is 0. The van der Waals surface area contributed by atoms with Gasteiger partial charge in [-0.25, -0.2) is 0 Å². The SMILES string of the molecule is CCOC1CCN(c2c(C)cccc2C#N)CC1. The summed E-state index contributed by atoms with van der Waals surface area (Å²) in [5, 5.41) is 9.21. The third-order valence-electron chi connectivity index (χ3n) is 3.52. The predicted molar refractivity (Wildman–Crippen MR) is 72.8 cm³/mol. The lowest BCUT2D eigenvalue weighted by atomic mass is 10.0. The molecule has 0 radical (unpaired) electrons. The third kappa shape index (κ3) is 2.65. The highest BCUT2D eigenvalue weighted by molar-refractivity contribution is 5.64. The number of nitrogens with zero attached hydrogens (tertiary/aromatic N) is 2. The normalized spacial score (nSPS) is 16.6. The number of anilines is 1. The molecule has 0 aromatic heterocycles. The van der Waals surface area contributed by atoms with Crippen LogP contribution in [-0.2, 0) is 4.74 Å². The van der Waals surface area contributed by atoms with Crippen LogP contribution in [-0.4, -0.2) is 25.8 Å². The minimum absolute atomic E-state index is 0.390. The molecule has 1 saturated heterocycles. The zero-order valence-corrected chi connectivity index (χ0v) is 11.1. The zero-order chi connectivity index (χ0) is 13.0. The fraction of sp³-hybridized carbons (Fsp3) is 0.533. The first-order chi connectivity index (χ1) is 8.76. The average molecular weight is 244 g/mol. The van der Waals surface area contributed by atoms with Gasteiger partial charge in [0.15, 0.2) is 0 Å². The maximum Gasteiger partial charge on any atom is 0.101 e. The Kier molecular flexibility index (Phi) is 4.22. The van der Waals surface area contributed by atoms with Gasteiger partial charge in [-0.05, 0) is 38.3 Å². The molecule has 1 fully saturated rings. The van der Waals surface area contributed by atoms with E-state index in [-0.39, 0.29) is 0 Å². The molecule has 0 N–H and O–H groups in total. The zero-order valence-electron chi connectivity index (χ0n) is 11.1. The van der Waals surface area contributed by atoms with E-state index in [4.69, 9.17) is 4.74 Å². The van der Waals surface area contributed by atoms with Gasteiger partial charge in [-0.1, -0.05) is 12.1 Å². The van der Waals surface area contributed by atoms with Gasteiger partial charge < -0.3 is 9.64 Å². The highest BCUT2D eigenvalue weighted by Gasteiger charge is 2.22. The van der Waals surface area contributed by atoms with E-state index in [0.29, 0.717) is 6.10 Å². The Hall–Kier alpha value is -1.53. The second kappa shape index (κ2) is 5.88. The lowest BCUT2D eigenvalue weighted by Gasteiger charge is -2.34. The summed E-state index contributed by atoms with van der Waals surface area (Å²) < 4.78 is 5.66. The van der Waals surface area contributed by atoms with Crippen LogP contribution in [0.25, 0.3) is 0 Å². The molecule has 0 atom stereocenters. The predicted octanol–water partition coefficient (Wildman–Crippen LogP) is 2.87. The first-order valence-corrected chi connectivity index (χ1v) is 6.62. The van der Waals surface area contributed by atoms with E-state index in [2.05, 4.69) is 24.0 Å². The second-order valence-electron chi connectivity index (χ2n) is 4.72. The van der Waals surface area contributed by atoms with Crippen LogP contribution >= 0.6 is 0 Å². The number of aryl methyl sites for hydroxylation is 1. The first-order valence-electron chi connectivity index (χ1n) is 6.62.